The average molecular weight is 299 g/mol. The van der Waals surface area contributed by atoms with Crippen LogP contribution in [0.3, 0.4) is 0 Å². The number of benzene rings is 1. The quantitative estimate of drug-likeness (QED) is 0.872. The molecule has 1 atom stereocenters. The van der Waals surface area contributed by atoms with Crippen LogP contribution in [0.15, 0.2) is 24.3 Å². The highest BCUT2D eigenvalue weighted by Crippen LogP contribution is 2.40. The van der Waals surface area contributed by atoms with Crippen LogP contribution in [-0.4, -0.2) is 10.1 Å². The molecule has 0 bridgehead atoms. The lowest BCUT2D eigenvalue weighted by molar-refractivity contribution is 0.156. The smallest absolute Gasteiger partial charge is 0.123 e. The van der Waals surface area contributed by atoms with E-state index < -0.39 is 6.10 Å². The van der Waals surface area contributed by atoms with Gasteiger partial charge in [0.15, 0.2) is 0 Å². The largest absolute Gasteiger partial charge is 0.388 e. The zero-order valence-corrected chi connectivity index (χ0v) is 13.4. The highest BCUT2D eigenvalue weighted by atomic mass is 19.1. The zero-order valence-electron chi connectivity index (χ0n) is 13.4. The van der Waals surface area contributed by atoms with E-state index in [1.807, 2.05) is 0 Å². The number of aliphatic hydroxyl groups excluding tert-OH is 1. The van der Waals surface area contributed by atoms with Crippen molar-refractivity contribution in [2.75, 3.05) is 0 Å². The van der Waals surface area contributed by atoms with Gasteiger partial charge in [-0.05, 0) is 60.9 Å². The first kappa shape index (κ1) is 15.2. The van der Waals surface area contributed by atoms with Crippen molar-refractivity contribution in [1.82, 2.24) is 4.98 Å². The molecular formula is C19H22FNO. The SMILES string of the molecule is Cc1c(C(C)C)nc2c(c1-c1ccc(F)cc1)C(O)CCC2. The lowest BCUT2D eigenvalue weighted by Gasteiger charge is -2.27. The molecule has 1 aromatic carbocycles. The van der Waals surface area contributed by atoms with Crippen molar-refractivity contribution in [1.29, 1.82) is 0 Å². The lowest BCUT2D eigenvalue weighted by Crippen LogP contribution is -2.16. The van der Waals surface area contributed by atoms with Crippen molar-refractivity contribution in [2.45, 2.75) is 52.1 Å². The Bertz CT molecular complexity index is 692. The first-order valence-electron chi connectivity index (χ1n) is 7.96. The van der Waals surface area contributed by atoms with Crippen molar-refractivity contribution in [3.8, 4) is 11.1 Å². The Hall–Kier alpha value is -1.74. The van der Waals surface area contributed by atoms with E-state index in [9.17, 15) is 9.50 Å². The number of aliphatic hydroxyl groups is 1. The molecular weight excluding hydrogens is 277 g/mol. The molecule has 1 N–H and O–H groups in total. The van der Waals surface area contributed by atoms with Gasteiger partial charge < -0.3 is 5.11 Å². The van der Waals surface area contributed by atoms with Gasteiger partial charge in [-0.2, -0.15) is 0 Å². The summed E-state index contributed by atoms with van der Waals surface area (Å²) < 4.78 is 13.3. The van der Waals surface area contributed by atoms with E-state index in [1.165, 1.54) is 12.1 Å². The van der Waals surface area contributed by atoms with Gasteiger partial charge in [0.25, 0.3) is 0 Å². The second-order valence-corrected chi connectivity index (χ2v) is 6.43. The molecule has 0 spiro atoms. The maximum absolute atomic E-state index is 13.3. The van der Waals surface area contributed by atoms with Gasteiger partial charge in [-0.1, -0.05) is 26.0 Å². The molecule has 0 saturated heterocycles. The second kappa shape index (κ2) is 5.81. The summed E-state index contributed by atoms with van der Waals surface area (Å²) in [4.78, 5) is 4.83. The van der Waals surface area contributed by atoms with Crippen LogP contribution in [0.25, 0.3) is 11.1 Å². The standard InChI is InChI=1S/C19H22FNO/c1-11(2)19-12(3)17(13-7-9-14(20)10-8-13)18-15(21-19)5-4-6-16(18)22/h7-11,16,22H,4-6H2,1-3H3. The van der Waals surface area contributed by atoms with Crippen LogP contribution < -0.4 is 0 Å². The van der Waals surface area contributed by atoms with Gasteiger partial charge in [0.1, 0.15) is 5.82 Å². The van der Waals surface area contributed by atoms with Crippen LogP contribution in [0.1, 0.15) is 61.2 Å². The van der Waals surface area contributed by atoms with E-state index in [1.54, 1.807) is 12.1 Å². The van der Waals surface area contributed by atoms with Crippen LogP contribution >= 0.6 is 0 Å². The third-order valence-electron chi connectivity index (χ3n) is 4.50. The molecule has 0 radical (unpaired) electrons. The normalized spacial score (nSPS) is 17.6. The molecule has 3 heteroatoms. The number of aryl methyl sites for hydroxylation is 1. The maximum atomic E-state index is 13.3. The highest BCUT2D eigenvalue weighted by molar-refractivity contribution is 5.73. The molecule has 1 unspecified atom stereocenters. The Morgan fingerprint density at radius 1 is 1.23 bits per heavy atom. The number of nitrogens with zero attached hydrogens (tertiary/aromatic N) is 1. The maximum Gasteiger partial charge on any atom is 0.123 e. The zero-order chi connectivity index (χ0) is 15.9. The van der Waals surface area contributed by atoms with Crippen molar-refractivity contribution in [3.05, 3.63) is 52.6 Å². The minimum atomic E-state index is -0.476. The van der Waals surface area contributed by atoms with Crippen LogP contribution in [0.4, 0.5) is 4.39 Å². The summed E-state index contributed by atoms with van der Waals surface area (Å²) in [5, 5.41) is 10.5. The fourth-order valence-electron chi connectivity index (χ4n) is 3.47. The second-order valence-electron chi connectivity index (χ2n) is 6.43. The Morgan fingerprint density at radius 3 is 2.55 bits per heavy atom. The molecule has 116 valence electrons. The average Bonchev–Trinajstić information content (AvgIpc) is 2.48. The van der Waals surface area contributed by atoms with E-state index in [0.29, 0.717) is 5.92 Å². The minimum absolute atomic E-state index is 0.242. The summed E-state index contributed by atoms with van der Waals surface area (Å²) in [5.41, 5.74) is 6.13. The third kappa shape index (κ3) is 2.54. The summed E-state index contributed by atoms with van der Waals surface area (Å²) in [6.45, 7) is 6.33. The molecule has 2 aromatic rings. The molecule has 1 aliphatic rings. The van der Waals surface area contributed by atoms with Gasteiger partial charge in [0.2, 0.25) is 0 Å². The first-order chi connectivity index (χ1) is 10.5. The first-order valence-corrected chi connectivity index (χ1v) is 7.96. The summed E-state index contributed by atoms with van der Waals surface area (Å²) in [5.74, 6) is 0.0810. The van der Waals surface area contributed by atoms with Crippen LogP contribution in [0, 0.1) is 12.7 Å². The van der Waals surface area contributed by atoms with Gasteiger partial charge >= 0.3 is 0 Å². The molecule has 2 nitrogen and oxygen atoms in total. The number of aromatic nitrogens is 1. The van der Waals surface area contributed by atoms with Crippen LogP contribution in [0.5, 0.6) is 0 Å². The van der Waals surface area contributed by atoms with Crippen LogP contribution in [0.2, 0.25) is 0 Å². The Labute approximate surface area is 131 Å². The third-order valence-corrected chi connectivity index (χ3v) is 4.50. The van der Waals surface area contributed by atoms with Gasteiger partial charge in [-0.3, -0.25) is 4.98 Å². The molecule has 0 amide bonds. The summed E-state index contributed by atoms with van der Waals surface area (Å²) in [6, 6.07) is 6.55. The van der Waals surface area contributed by atoms with Crippen molar-refractivity contribution in [3.63, 3.8) is 0 Å². The van der Waals surface area contributed by atoms with E-state index in [-0.39, 0.29) is 5.82 Å². The fourth-order valence-corrected chi connectivity index (χ4v) is 3.47. The monoisotopic (exact) mass is 299 g/mol. The summed E-state index contributed by atoms with van der Waals surface area (Å²) >= 11 is 0. The topological polar surface area (TPSA) is 33.1 Å². The number of halogens is 1. The van der Waals surface area contributed by atoms with Gasteiger partial charge in [0, 0.05) is 17.0 Å². The molecule has 22 heavy (non-hydrogen) atoms. The predicted octanol–water partition coefficient (Wildman–Crippen LogP) is 4.69. The van der Waals surface area contributed by atoms with Crippen molar-refractivity contribution >= 4 is 0 Å². The molecule has 0 aliphatic heterocycles. The Morgan fingerprint density at radius 2 is 1.91 bits per heavy atom. The number of hydrogen-bond acceptors (Lipinski definition) is 2. The number of fused-ring (bicyclic) bond motifs is 1. The van der Waals surface area contributed by atoms with E-state index in [0.717, 1.165) is 52.9 Å². The Kier molecular flexibility index (Phi) is 4.00. The van der Waals surface area contributed by atoms with E-state index in [2.05, 4.69) is 20.8 Å². The fraction of sp³-hybridized carbons (Fsp3) is 0.421. The van der Waals surface area contributed by atoms with E-state index >= 15 is 0 Å². The number of hydrogen-bond donors (Lipinski definition) is 1. The highest BCUT2D eigenvalue weighted by Gasteiger charge is 2.27. The lowest BCUT2D eigenvalue weighted by atomic mass is 9.83. The molecule has 0 saturated carbocycles. The molecule has 0 fully saturated rings. The summed E-state index contributed by atoms with van der Waals surface area (Å²) in [6.07, 6.45) is 2.16. The summed E-state index contributed by atoms with van der Waals surface area (Å²) in [7, 11) is 0. The number of pyridine rings is 1. The van der Waals surface area contributed by atoms with E-state index in [4.69, 9.17) is 4.98 Å². The molecule has 1 aromatic heterocycles. The van der Waals surface area contributed by atoms with Gasteiger partial charge in [0.05, 0.1) is 6.10 Å². The minimum Gasteiger partial charge on any atom is -0.388 e. The molecule has 1 aliphatic carbocycles. The predicted molar refractivity (Wildman–Crippen MR) is 86.4 cm³/mol. The van der Waals surface area contributed by atoms with Crippen LogP contribution in [-0.2, 0) is 6.42 Å². The van der Waals surface area contributed by atoms with Gasteiger partial charge in [-0.25, -0.2) is 4.39 Å². The van der Waals surface area contributed by atoms with Gasteiger partial charge in [-0.15, -0.1) is 0 Å². The van der Waals surface area contributed by atoms with Crippen molar-refractivity contribution < 1.29 is 9.50 Å². The number of rotatable bonds is 2. The Balaban J connectivity index is 2.30. The molecule has 3 rings (SSSR count). The molecule has 1 heterocycles. The van der Waals surface area contributed by atoms with Crippen molar-refractivity contribution in [2.24, 2.45) is 0 Å².